The summed E-state index contributed by atoms with van der Waals surface area (Å²) in [5.74, 6) is 0. The predicted molar refractivity (Wildman–Crippen MR) is 258 cm³/mol. The Balaban J connectivity index is 1.43. The third kappa shape index (κ3) is 6.01. The zero-order valence-electron chi connectivity index (χ0n) is 39.5. The molecule has 0 unspecified atom stereocenters. The second-order valence-electron chi connectivity index (χ2n) is 23.9. The van der Waals surface area contributed by atoms with Crippen molar-refractivity contribution in [1.29, 1.82) is 0 Å². The van der Waals surface area contributed by atoms with E-state index in [-0.39, 0.29) is 39.2 Å². The molecule has 0 aromatic heterocycles. The van der Waals surface area contributed by atoms with Gasteiger partial charge in [0.1, 0.15) is 0 Å². The van der Waals surface area contributed by atoms with Crippen LogP contribution in [0.3, 0.4) is 0 Å². The van der Waals surface area contributed by atoms with Crippen molar-refractivity contribution in [1.82, 2.24) is 0 Å². The van der Waals surface area contributed by atoms with Gasteiger partial charge >= 0.3 is 0 Å². The highest BCUT2D eigenvalue weighted by molar-refractivity contribution is 7.00. The molecule has 0 N–H and O–H groups in total. The maximum atomic E-state index is 2.72. The summed E-state index contributed by atoms with van der Waals surface area (Å²) in [6.07, 6.45) is 3.55. The zero-order valence-corrected chi connectivity index (χ0v) is 39.5. The third-order valence-electron chi connectivity index (χ3n) is 15.3. The minimum Gasteiger partial charge on any atom is -0.311 e. The molecule has 2 aliphatic carbocycles. The average molecular weight is 781 g/mol. The number of aryl methyl sites for hydroxylation is 3. The van der Waals surface area contributed by atoms with E-state index in [1.807, 2.05) is 0 Å². The van der Waals surface area contributed by atoms with Crippen LogP contribution in [0, 0.1) is 20.8 Å². The van der Waals surface area contributed by atoms with E-state index in [9.17, 15) is 0 Å². The number of nitrogens with zero attached hydrogens (tertiary/aromatic N) is 2. The fraction of sp³-hybridized carbons (Fsp3) is 0.464. The van der Waals surface area contributed by atoms with Gasteiger partial charge in [0.2, 0.25) is 0 Å². The molecule has 59 heavy (non-hydrogen) atoms. The van der Waals surface area contributed by atoms with E-state index in [0.29, 0.717) is 0 Å². The van der Waals surface area contributed by atoms with E-state index < -0.39 is 0 Å². The highest BCUT2D eigenvalue weighted by atomic mass is 15.2. The summed E-state index contributed by atoms with van der Waals surface area (Å²) in [6, 6.07) is 30.1. The minimum absolute atomic E-state index is 0.00656. The molecule has 5 aromatic rings. The van der Waals surface area contributed by atoms with Crippen molar-refractivity contribution in [3.8, 4) is 0 Å². The zero-order chi connectivity index (χ0) is 42.7. The summed E-state index contributed by atoms with van der Waals surface area (Å²) >= 11 is 0. The van der Waals surface area contributed by atoms with Gasteiger partial charge in [0, 0.05) is 34.1 Å². The number of anilines is 6. The number of hydrogen-bond acceptors (Lipinski definition) is 2. The first kappa shape index (κ1) is 40.2. The number of benzene rings is 5. The van der Waals surface area contributed by atoms with E-state index in [1.54, 1.807) is 0 Å². The SMILES string of the molecule is Cc1cc2c3c(c1)N(c1cc4c(cc1C)C(C)(C)CCC4(C)C)c1cc4c(cc1B3c1cc(C(C)(C)C)ccc1N2c1cc(C(C)(C)C)ccc1C)C(C)(C)CC4(C)C. The van der Waals surface area contributed by atoms with Gasteiger partial charge < -0.3 is 9.80 Å². The summed E-state index contributed by atoms with van der Waals surface area (Å²) in [6.45, 7) is 41.0. The lowest BCUT2D eigenvalue weighted by Gasteiger charge is -2.47. The van der Waals surface area contributed by atoms with Crippen LogP contribution in [0.4, 0.5) is 34.1 Å². The molecule has 5 aromatic carbocycles. The molecule has 306 valence electrons. The summed E-state index contributed by atoms with van der Waals surface area (Å²) in [5, 5.41) is 0. The lowest BCUT2D eigenvalue weighted by Crippen LogP contribution is -2.62. The summed E-state index contributed by atoms with van der Waals surface area (Å²) < 4.78 is 0. The normalized spacial score (nSPS) is 19.2. The molecule has 0 radical (unpaired) electrons. The van der Waals surface area contributed by atoms with Gasteiger partial charge in [0.15, 0.2) is 0 Å². The van der Waals surface area contributed by atoms with Gasteiger partial charge in [-0.15, -0.1) is 0 Å². The van der Waals surface area contributed by atoms with Gasteiger partial charge in [0.05, 0.1) is 0 Å². The van der Waals surface area contributed by atoms with Crippen molar-refractivity contribution < 1.29 is 0 Å². The maximum Gasteiger partial charge on any atom is 0.252 e. The maximum absolute atomic E-state index is 2.72. The van der Waals surface area contributed by atoms with Crippen LogP contribution in [0.25, 0.3) is 0 Å². The van der Waals surface area contributed by atoms with E-state index in [0.717, 1.165) is 6.42 Å². The quantitative estimate of drug-likeness (QED) is 0.161. The predicted octanol–water partition coefficient (Wildman–Crippen LogP) is 13.6. The number of hydrogen-bond donors (Lipinski definition) is 0. The molecule has 2 nitrogen and oxygen atoms in total. The first-order valence-corrected chi connectivity index (χ1v) is 22.6. The van der Waals surface area contributed by atoms with Crippen LogP contribution in [0.15, 0.2) is 72.8 Å². The molecule has 0 bridgehead atoms. The van der Waals surface area contributed by atoms with Crippen molar-refractivity contribution in [2.24, 2.45) is 0 Å². The summed E-state index contributed by atoms with van der Waals surface area (Å²) in [7, 11) is 0. The van der Waals surface area contributed by atoms with Crippen LogP contribution >= 0.6 is 0 Å². The molecule has 0 saturated carbocycles. The van der Waals surface area contributed by atoms with E-state index >= 15 is 0 Å². The largest absolute Gasteiger partial charge is 0.311 e. The van der Waals surface area contributed by atoms with Crippen LogP contribution in [0.2, 0.25) is 0 Å². The Morgan fingerprint density at radius 1 is 0.441 bits per heavy atom. The van der Waals surface area contributed by atoms with Gasteiger partial charge in [-0.1, -0.05) is 133 Å². The average Bonchev–Trinajstić information content (AvgIpc) is 3.30. The van der Waals surface area contributed by atoms with Gasteiger partial charge in [-0.2, -0.15) is 0 Å². The molecule has 0 amide bonds. The van der Waals surface area contributed by atoms with E-state index in [4.69, 9.17) is 0 Å². The fourth-order valence-corrected chi connectivity index (χ4v) is 11.9. The molecule has 2 heterocycles. The first-order valence-electron chi connectivity index (χ1n) is 22.6. The van der Waals surface area contributed by atoms with Gasteiger partial charge in [-0.25, -0.2) is 0 Å². The Morgan fingerprint density at radius 2 is 0.898 bits per heavy atom. The fourth-order valence-electron chi connectivity index (χ4n) is 11.9. The molecule has 0 fully saturated rings. The number of fused-ring (bicyclic) bond motifs is 6. The molecular formula is C56H69BN2. The summed E-state index contributed by atoms with van der Waals surface area (Å²) in [4.78, 5) is 5.37. The Labute approximate surface area is 357 Å². The monoisotopic (exact) mass is 781 g/mol. The minimum atomic E-state index is 0.00656. The lowest BCUT2D eigenvalue weighted by atomic mass is 9.33. The summed E-state index contributed by atoms with van der Waals surface area (Å²) in [5.41, 5.74) is 25.3. The molecule has 0 atom stereocenters. The van der Waals surface area contributed by atoms with Crippen molar-refractivity contribution in [2.45, 2.75) is 169 Å². The van der Waals surface area contributed by atoms with Gasteiger partial charge in [0.25, 0.3) is 6.71 Å². The first-order chi connectivity index (χ1) is 27.2. The van der Waals surface area contributed by atoms with E-state index in [2.05, 4.69) is 200 Å². The van der Waals surface area contributed by atoms with Crippen LogP contribution in [0.5, 0.6) is 0 Å². The van der Waals surface area contributed by atoms with E-state index in [1.165, 1.54) is 113 Å². The van der Waals surface area contributed by atoms with Crippen LogP contribution in [-0.4, -0.2) is 6.71 Å². The van der Waals surface area contributed by atoms with Crippen molar-refractivity contribution >= 4 is 57.2 Å². The smallest absolute Gasteiger partial charge is 0.252 e. The van der Waals surface area contributed by atoms with Gasteiger partial charge in [-0.3, -0.25) is 0 Å². The van der Waals surface area contributed by atoms with Crippen LogP contribution in [0.1, 0.15) is 166 Å². The molecule has 4 aliphatic rings. The van der Waals surface area contributed by atoms with Crippen molar-refractivity contribution in [2.75, 3.05) is 9.80 Å². The molecule has 0 saturated heterocycles. The molecule has 2 aliphatic heterocycles. The lowest BCUT2D eigenvalue weighted by molar-refractivity contribution is 0.332. The van der Waals surface area contributed by atoms with Crippen molar-refractivity contribution in [3.05, 3.63) is 123 Å². The highest BCUT2D eigenvalue weighted by Crippen LogP contribution is 2.55. The van der Waals surface area contributed by atoms with Crippen LogP contribution in [-0.2, 0) is 32.5 Å². The second kappa shape index (κ2) is 12.4. The Hall–Kier alpha value is -4.24. The molecule has 9 rings (SSSR count). The Kier molecular flexibility index (Phi) is 8.46. The standard InChI is InChI=1S/C56H69BN2/c1-33-24-48-50-49(25-33)59(46-30-40-38(26-35(46)3)53(10,11)22-23-54(40,12)13)47-31-41-39(55(14,15)32-56(41,16)17)29-43(47)57(50)42-27-36(51(4,5)6)20-21-44(42)58(48)45-28-37(52(7,8)9)19-18-34(45)2/h18-21,24-31H,22-23,32H2,1-17H3. The molecular weight excluding hydrogens is 711 g/mol. The Bertz CT molecular complexity index is 2600. The van der Waals surface area contributed by atoms with Gasteiger partial charge in [-0.05, 0) is 175 Å². The third-order valence-corrected chi connectivity index (χ3v) is 15.3. The van der Waals surface area contributed by atoms with Crippen LogP contribution < -0.4 is 26.2 Å². The molecule has 3 heteroatoms. The molecule has 0 spiro atoms. The highest BCUT2D eigenvalue weighted by Gasteiger charge is 2.49. The second-order valence-corrected chi connectivity index (χ2v) is 23.9. The van der Waals surface area contributed by atoms with Crippen molar-refractivity contribution in [3.63, 3.8) is 0 Å². The number of rotatable bonds is 2. The topological polar surface area (TPSA) is 6.48 Å². The Morgan fingerprint density at radius 3 is 1.49 bits per heavy atom.